The maximum atomic E-state index is 10.1. The summed E-state index contributed by atoms with van der Waals surface area (Å²) in [6, 6.07) is 0. The van der Waals surface area contributed by atoms with Crippen LogP contribution in [0.15, 0.2) is 0 Å². The van der Waals surface area contributed by atoms with Gasteiger partial charge in [0.1, 0.15) is 0 Å². The summed E-state index contributed by atoms with van der Waals surface area (Å²) in [6.07, 6.45) is 14.0. The first-order chi connectivity index (χ1) is 7.77. The average molecular weight is 340 g/mol. The summed E-state index contributed by atoms with van der Waals surface area (Å²) in [5, 5.41) is 10.1. The molecule has 96 valence electrons. The summed E-state index contributed by atoms with van der Waals surface area (Å²) >= 11 is 0. The first kappa shape index (κ1) is 19.7. The van der Waals surface area contributed by atoms with E-state index >= 15 is 0 Å². The molecule has 0 unspecified atom stereocenters. The molecule has 2 nitrogen and oxygen atoms in total. The Morgan fingerprint density at radius 3 is 1.47 bits per heavy atom. The van der Waals surface area contributed by atoms with Crippen molar-refractivity contribution in [3.8, 4) is 0 Å². The second kappa shape index (κ2) is 16.4. The fourth-order valence-corrected chi connectivity index (χ4v) is 1.93. The van der Waals surface area contributed by atoms with Crippen molar-refractivity contribution in [1.82, 2.24) is 0 Å². The van der Waals surface area contributed by atoms with E-state index in [2.05, 4.69) is 6.92 Å². The Morgan fingerprint density at radius 1 is 0.765 bits per heavy atom. The van der Waals surface area contributed by atoms with Crippen molar-refractivity contribution in [3.63, 3.8) is 0 Å². The number of carbonyl (C=O) groups is 1. The number of unbranched alkanes of at least 4 members (excludes halogenated alkanes) is 10. The zero-order valence-corrected chi connectivity index (χ0v) is 15.5. The third kappa shape index (κ3) is 18.9. The van der Waals surface area contributed by atoms with Gasteiger partial charge in [0, 0.05) is 5.97 Å². The average Bonchev–Trinajstić information content (AvgIpc) is 2.25. The summed E-state index contributed by atoms with van der Waals surface area (Å²) in [4.78, 5) is 10.1. The molecule has 0 bridgehead atoms. The molecule has 0 amide bonds. The van der Waals surface area contributed by atoms with Crippen LogP contribution in [0.5, 0.6) is 0 Å². The van der Waals surface area contributed by atoms with Gasteiger partial charge in [-0.05, 0) is 12.8 Å². The van der Waals surface area contributed by atoms with Crippen LogP contribution < -0.4 is 5.11 Å². The Bertz CT molecular complexity index is 160. The summed E-state index contributed by atoms with van der Waals surface area (Å²) in [7, 11) is 0. The van der Waals surface area contributed by atoms with Crippen LogP contribution in [0.25, 0.3) is 0 Å². The Hall–Kier alpha value is 0.392. The molecule has 3 heteroatoms. The van der Waals surface area contributed by atoms with E-state index in [1.165, 1.54) is 57.8 Å². The fraction of sp³-hybridized carbons (Fsp3) is 0.929. The summed E-state index contributed by atoms with van der Waals surface area (Å²) in [6.45, 7) is 2.24. The van der Waals surface area contributed by atoms with Gasteiger partial charge in [-0.2, -0.15) is 0 Å². The van der Waals surface area contributed by atoms with Gasteiger partial charge in [-0.1, -0.05) is 71.1 Å². The third-order valence-corrected chi connectivity index (χ3v) is 2.98. The van der Waals surface area contributed by atoms with Crippen molar-refractivity contribution in [3.05, 3.63) is 0 Å². The van der Waals surface area contributed by atoms with Crippen LogP contribution in [0.3, 0.4) is 0 Å². The van der Waals surface area contributed by atoms with Gasteiger partial charge in [-0.25, -0.2) is 0 Å². The molecule has 0 aromatic carbocycles. The molecule has 17 heavy (non-hydrogen) atoms. The van der Waals surface area contributed by atoms with Crippen molar-refractivity contribution in [1.29, 1.82) is 0 Å². The fourth-order valence-electron chi connectivity index (χ4n) is 1.93. The third-order valence-electron chi connectivity index (χ3n) is 2.98. The van der Waals surface area contributed by atoms with Crippen molar-refractivity contribution in [2.45, 2.75) is 84.0 Å². The topological polar surface area (TPSA) is 40.1 Å². The molecule has 0 radical (unpaired) electrons. The smallest absolute Gasteiger partial charge is 0.550 e. The molecule has 0 aliphatic heterocycles. The standard InChI is InChI=1S/C14H28O2.Cd/c1-2-3-4-5-6-7-8-9-10-11-12-13-14(15)16;/h2-13H2,1H3,(H,15,16);/q;+2/p-1. The number of rotatable bonds is 12. The number of carbonyl (C=O) groups excluding carboxylic acids is 1. The molecule has 0 heterocycles. The largest absolute Gasteiger partial charge is 2.00 e. The molecule has 0 saturated heterocycles. The van der Waals surface area contributed by atoms with Crippen LogP contribution in [0.2, 0.25) is 0 Å². The van der Waals surface area contributed by atoms with E-state index in [1.54, 1.807) is 0 Å². The van der Waals surface area contributed by atoms with Crippen LogP contribution in [-0.4, -0.2) is 5.97 Å². The Labute approximate surface area is 127 Å². The molecule has 0 aliphatic rings. The number of carboxylic acids is 1. The van der Waals surface area contributed by atoms with Crippen LogP contribution in [-0.2, 0) is 32.1 Å². The molecule has 0 saturated carbocycles. The normalized spacial score (nSPS) is 9.94. The van der Waals surface area contributed by atoms with Crippen molar-refractivity contribution in [2.24, 2.45) is 0 Å². The van der Waals surface area contributed by atoms with Gasteiger partial charge in [-0.3, -0.25) is 0 Å². The summed E-state index contributed by atoms with van der Waals surface area (Å²) in [5.74, 6) is -0.907. The minimum absolute atomic E-state index is 0. The van der Waals surface area contributed by atoms with E-state index in [4.69, 9.17) is 0 Å². The summed E-state index contributed by atoms with van der Waals surface area (Å²) in [5.41, 5.74) is 0. The van der Waals surface area contributed by atoms with Crippen LogP contribution >= 0.6 is 0 Å². The van der Waals surface area contributed by atoms with Crippen LogP contribution in [0.1, 0.15) is 84.0 Å². The van der Waals surface area contributed by atoms with Crippen molar-refractivity contribution >= 4 is 5.97 Å². The molecule has 0 N–H and O–H groups in total. The van der Waals surface area contributed by atoms with E-state index in [9.17, 15) is 9.90 Å². The molecule has 0 atom stereocenters. The number of carboxylic acid groups (broad SMARTS) is 1. The molecule has 0 aromatic rings. The van der Waals surface area contributed by atoms with Crippen molar-refractivity contribution in [2.75, 3.05) is 0 Å². The quantitative estimate of drug-likeness (QED) is 0.403. The Kier molecular flexibility index (Phi) is 19.0. The minimum Gasteiger partial charge on any atom is -0.550 e. The SMILES string of the molecule is CCCCCCCCCCCCCC(=O)[O-].[Cd+2]. The predicted octanol–water partition coefficient (Wildman–Crippen LogP) is 3.43. The van der Waals surface area contributed by atoms with Crippen LogP contribution in [0, 0.1) is 0 Å². The summed E-state index contributed by atoms with van der Waals surface area (Å²) < 4.78 is 0. The van der Waals surface area contributed by atoms with E-state index in [0.29, 0.717) is 0 Å². The van der Waals surface area contributed by atoms with Gasteiger partial charge < -0.3 is 9.90 Å². The zero-order valence-electron chi connectivity index (χ0n) is 11.5. The van der Waals surface area contributed by atoms with Gasteiger partial charge in [0.25, 0.3) is 0 Å². The van der Waals surface area contributed by atoms with Gasteiger partial charge >= 0.3 is 27.3 Å². The van der Waals surface area contributed by atoms with E-state index in [1.807, 2.05) is 0 Å². The molecule has 0 aromatic heterocycles. The molecular formula is C14H27CdO2+. The van der Waals surface area contributed by atoms with E-state index in [0.717, 1.165) is 12.8 Å². The minimum atomic E-state index is -0.907. The Balaban J connectivity index is 0. The maximum Gasteiger partial charge on any atom is 2.00 e. The molecule has 0 rings (SSSR count). The first-order valence-corrected chi connectivity index (χ1v) is 6.97. The zero-order chi connectivity index (χ0) is 12.1. The molecule has 0 spiro atoms. The van der Waals surface area contributed by atoms with Gasteiger partial charge in [0.2, 0.25) is 0 Å². The van der Waals surface area contributed by atoms with Gasteiger partial charge in [0.15, 0.2) is 0 Å². The number of hydrogen-bond donors (Lipinski definition) is 0. The maximum absolute atomic E-state index is 10.1. The van der Waals surface area contributed by atoms with Gasteiger partial charge in [0.05, 0.1) is 0 Å². The molecule has 0 aliphatic carbocycles. The Morgan fingerprint density at radius 2 is 1.12 bits per heavy atom. The second-order valence-electron chi connectivity index (χ2n) is 4.66. The van der Waals surface area contributed by atoms with E-state index < -0.39 is 5.97 Å². The van der Waals surface area contributed by atoms with Crippen molar-refractivity contribution < 1.29 is 37.2 Å². The number of hydrogen-bond acceptors (Lipinski definition) is 2. The van der Waals surface area contributed by atoms with Gasteiger partial charge in [-0.15, -0.1) is 0 Å². The predicted molar refractivity (Wildman–Crippen MR) is 66.1 cm³/mol. The second-order valence-corrected chi connectivity index (χ2v) is 4.66. The number of aliphatic carboxylic acids is 1. The van der Waals surface area contributed by atoms with E-state index in [-0.39, 0.29) is 33.7 Å². The monoisotopic (exact) mass is 341 g/mol. The molecule has 0 fully saturated rings. The first-order valence-electron chi connectivity index (χ1n) is 6.97. The van der Waals surface area contributed by atoms with Crippen LogP contribution in [0.4, 0.5) is 0 Å². The molecular weight excluding hydrogens is 313 g/mol.